The zero-order valence-corrected chi connectivity index (χ0v) is 14.9. The molecule has 0 aliphatic heterocycles. The van der Waals surface area contributed by atoms with Gasteiger partial charge in [0.2, 0.25) is 11.8 Å². The second-order valence-electron chi connectivity index (χ2n) is 6.16. The number of anilines is 1. The van der Waals surface area contributed by atoms with Crippen LogP contribution in [0.25, 0.3) is 10.9 Å². The summed E-state index contributed by atoms with van der Waals surface area (Å²) in [6, 6.07) is 17.3. The lowest BCUT2D eigenvalue weighted by Crippen LogP contribution is -2.39. The summed E-state index contributed by atoms with van der Waals surface area (Å²) in [5, 5.41) is 3.82. The number of fused-ring (bicyclic) bond motifs is 1. The molecule has 0 aliphatic rings. The van der Waals surface area contributed by atoms with Crippen LogP contribution in [-0.4, -0.2) is 23.3 Å². The highest BCUT2D eigenvalue weighted by Gasteiger charge is 2.18. The minimum Gasteiger partial charge on any atom is -0.350 e. The van der Waals surface area contributed by atoms with E-state index in [0.717, 1.165) is 16.5 Å². The number of benzene rings is 2. The predicted molar refractivity (Wildman–Crippen MR) is 103 cm³/mol. The van der Waals surface area contributed by atoms with Gasteiger partial charge in [-0.15, -0.1) is 0 Å². The van der Waals surface area contributed by atoms with E-state index in [1.54, 1.807) is 6.20 Å². The van der Waals surface area contributed by atoms with Crippen LogP contribution in [0.3, 0.4) is 0 Å². The molecule has 2 aromatic carbocycles. The van der Waals surface area contributed by atoms with Gasteiger partial charge in [-0.05, 0) is 30.2 Å². The Morgan fingerprint density at radius 2 is 1.81 bits per heavy atom. The van der Waals surface area contributed by atoms with Crippen LogP contribution >= 0.6 is 0 Å². The van der Waals surface area contributed by atoms with E-state index in [2.05, 4.69) is 10.3 Å². The van der Waals surface area contributed by atoms with Crippen molar-refractivity contribution >= 4 is 28.4 Å². The van der Waals surface area contributed by atoms with Crippen LogP contribution in [0, 0.1) is 6.92 Å². The number of nitrogens with one attached hydrogen (secondary N) is 1. The van der Waals surface area contributed by atoms with E-state index in [9.17, 15) is 9.59 Å². The summed E-state index contributed by atoms with van der Waals surface area (Å²) in [6.07, 6.45) is 1.68. The number of pyridine rings is 1. The monoisotopic (exact) mass is 347 g/mol. The molecule has 2 amide bonds. The van der Waals surface area contributed by atoms with Crippen molar-refractivity contribution in [1.29, 1.82) is 0 Å². The molecule has 0 aliphatic carbocycles. The highest BCUT2D eigenvalue weighted by molar-refractivity contribution is 6.04. The fourth-order valence-corrected chi connectivity index (χ4v) is 2.87. The molecule has 0 atom stereocenters. The lowest BCUT2D eigenvalue weighted by molar-refractivity contribution is -0.123. The van der Waals surface area contributed by atoms with E-state index in [1.165, 1.54) is 11.8 Å². The molecule has 26 heavy (non-hydrogen) atoms. The van der Waals surface area contributed by atoms with Gasteiger partial charge in [0.25, 0.3) is 0 Å². The standard InChI is InChI=1S/C21H21N3O2/c1-15-7-3-4-8-18(15)13-23-20(26)14-24(16(2)25)19-11-5-9-17-10-6-12-22-21(17)19/h3-12H,13-14H2,1-2H3,(H,23,26). The average molecular weight is 347 g/mol. The molecule has 0 saturated heterocycles. The van der Waals surface area contributed by atoms with Gasteiger partial charge in [-0.3, -0.25) is 14.6 Å². The summed E-state index contributed by atoms with van der Waals surface area (Å²) < 4.78 is 0. The van der Waals surface area contributed by atoms with Crippen molar-refractivity contribution in [2.24, 2.45) is 0 Å². The van der Waals surface area contributed by atoms with E-state index in [1.807, 2.05) is 61.5 Å². The van der Waals surface area contributed by atoms with Gasteiger partial charge in [-0.25, -0.2) is 0 Å². The summed E-state index contributed by atoms with van der Waals surface area (Å²) in [4.78, 5) is 30.4. The zero-order valence-electron chi connectivity index (χ0n) is 14.9. The molecule has 0 unspecified atom stereocenters. The highest BCUT2D eigenvalue weighted by Crippen LogP contribution is 2.24. The van der Waals surface area contributed by atoms with Gasteiger partial charge in [-0.1, -0.05) is 42.5 Å². The Bertz CT molecular complexity index is 947. The SMILES string of the molecule is CC(=O)N(CC(=O)NCc1ccccc1C)c1cccc2cccnc12. The minimum absolute atomic E-state index is 0.0447. The largest absolute Gasteiger partial charge is 0.350 e. The number of amides is 2. The first-order valence-electron chi connectivity index (χ1n) is 8.49. The molecule has 0 spiro atoms. The third kappa shape index (κ3) is 3.88. The van der Waals surface area contributed by atoms with Crippen molar-refractivity contribution in [3.63, 3.8) is 0 Å². The van der Waals surface area contributed by atoms with E-state index < -0.39 is 0 Å². The Morgan fingerprint density at radius 1 is 1.04 bits per heavy atom. The molecule has 5 heteroatoms. The van der Waals surface area contributed by atoms with E-state index in [-0.39, 0.29) is 18.4 Å². The normalized spacial score (nSPS) is 10.5. The molecule has 0 radical (unpaired) electrons. The van der Waals surface area contributed by atoms with Crippen molar-refractivity contribution in [1.82, 2.24) is 10.3 Å². The summed E-state index contributed by atoms with van der Waals surface area (Å²) in [6.45, 7) is 3.85. The molecule has 0 fully saturated rings. The van der Waals surface area contributed by atoms with Crippen molar-refractivity contribution in [2.75, 3.05) is 11.4 Å². The van der Waals surface area contributed by atoms with Crippen LogP contribution < -0.4 is 10.2 Å². The molecule has 132 valence electrons. The number of carbonyl (C=O) groups excluding carboxylic acids is 2. The predicted octanol–water partition coefficient (Wildman–Crippen LogP) is 3.21. The lowest BCUT2D eigenvalue weighted by atomic mass is 10.1. The van der Waals surface area contributed by atoms with Gasteiger partial charge in [0.15, 0.2) is 0 Å². The molecule has 1 aromatic heterocycles. The van der Waals surface area contributed by atoms with Gasteiger partial charge < -0.3 is 10.2 Å². The Balaban J connectivity index is 1.77. The quantitative estimate of drug-likeness (QED) is 0.771. The number of carbonyl (C=O) groups is 2. The first kappa shape index (κ1) is 17.6. The Kier molecular flexibility index (Phi) is 5.27. The topological polar surface area (TPSA) is 62.3 Å². The molecule has 0 saturated carbocycles. The molecular formula is C21H21N3O2. The molecule has 5 nitrogen and oxygen atoms in total. The highest BCUT2D eigenvalue weighted by atomic mass is 16.2. The maximum Gasteiger partial charge on any atom is 0.240 e. The van der Waals surface area contributed by atoms with Crippen LogP contribution in [0.2, 0.25) is 0 Å². The lowest BCUT2D eigenvalue weighted by Gasteiger charge is -2.22. The number of aromatic nitrogens is 1. The molecule has 1 N–H and O–H groups in total. The van der Waals surface area contributed by atoms with Crippen LogP contribution in [-0.2, 0) is 16.1 Å². The van der Waals surface area contributed by atoms with Crippen LogP contribution in [0.1, 0.15) is 18.1 Å². The smallest absolute Gasteiger partial charge is 0.240 e. The maximum atomic E-state index is 12.4. The number of hydrogen-bond donors (Lipinski definition) is 1. The van der Waals surface area contributed by atoms with Gasteiger partial charge in [0, 0.05) is 25.1 Å². The summed E-state index contributed by atoms with van der Waals surface area (Å²) in [5.41, 5.74) is 3.52. The molecule has 3 aromatic rings. The third-order valence-electron chi connectivity index (χ3n) is 4.32. The first-order valence-corrected chi connectivity index (χ1v) is 8.49. The minimum atomic E-state index is -0.212. The second-order valence-corrected chi connectivity index (χ2v) is 6.16. The van der Waals surface area contributed by atoms with Gasteiger partial charge in [0.05, 0.1) is 11.2 Å². The van der Waals surface area contributed by atoms with Crippen molar-refractivity contribution in [2.45, 2.75) is 20.4 Å². The van der Waals surface area contributed by atoms with E-state index in [4.69, 9.17) is 0 Å². The maximum absolute atomic E-state index is 12.4. The van der Waals surface area contributed by atoms with E-state index in [0.29, 0.717) is 17.7 Å². The van der Waals surface area contributed by atoms with Crippen LogP contribution in [0.4, 0.5) is 5.69 Å². The number of para-hydroxylation sites is 1. The van der Waals surface area contributed by atoms with Gasteiger partial charge in [0.1, 0.15) is 6.54 Å². The van der Waals surface area contributed by atoms with Gasteiger partial charge >= 0.3 is 0 Å². The van der Waals surface area contributed by atoms with Gasteiger partial charge in [-0.2, -0.15) is 0 Å². The molecule has 3 rings (SSSR count). The molecular weight excluding hydrogens is 326 g/mol. The number of hydrogen-bond acceptors (Lipinski definition) is 3. The number of nitrogens with zero attached hydrogens (tertiary/aromatic N) is 2. The van der Waals surface area contributed by atoms with Crippen LogP contribution in [0.5, 0.6) is 0 Å². The summed E-state index contributed by atoms with van der Waals surface area (Å²) in [5.74, 6) is -0.411. The van der Waals surface area contributed by atoms with E-state index >= 15 is 0 Å². The fraction of sp³-hybridized carbons (Fsp3) is 0.190. The van der Waals surface area contributed by atoms with Crippen molar-refractivity contribution in [3.8, 4) is 0 Å². The Hall–Kier alpha value is -3.21. The number of aryl methyl sites for hydroxylation is 1. The average Bonchev–Trinajstić information content (AvgIpc) is 2.65. The fourth-order valence-electron chi connectivity index (χ4n) is 2.87. The first-order chi connectivity index (χ1) is 12.6. The zero-order chi connectivity index (χ0) is 18.5. The molecule has 1 heterocycles. The summed E-state index contributed by atoms with van der Waals surface area (Å²) in [7, 11) is 0. The van der Waals surface area contributed by atoms with Crippen LogP contribution in [0.15, 0.2) is 60.8 Å². The Morgan fingerprint density at radius 3 is 2.58 bits per heavy atom. The van der Waals surface area contributed by atoms with Crippen molar-refractivity contribution < 1.29 is 9.59 Å². The Labute approximate surface area is 152 Å². The number of rotatable bonds is 5. The third-order valence-corrected chi connectivity index (χ3v) is 4.32. The second kappa shape index (κ2) is 7.78. The summed E-state index contributed by atoms with van der Waals surface area (Å²) >= 11 is 0. The molecule has 0 bridgehead atoms. The van der Waals surface area contributed by atoms with Crippen molar-refractivity contribution in [3.05, 3.63) is 71.9 Å².